The van der Waals surface area contributed by atoms with Crippen LogP contribution in [0.2, 0.25) is 0 Å². The number of fused-ring (bicyclic) bond motifs is 4. The van der Waals surface area contributed by atoms with Gasteiger partial charge in [-0.2, -0.15) is 10.2 Å². The molecule has 5 aromatic rings. The topological polar surface area (TPSA) is 94.3 Å². The Labute approximate surface area is 180 Å². The van der Waals surface area contributed by atoms with E-state index in [0.717, 1.165) is 44.1 Å². The van der Waals surface area contributed by atoms with Gasteiger partial charge in [-0.15, -0.1) is 11.3 Å². The van der Waals surface area contributed by atoms with Gasteiger partial charge >= 0.3 is 0 Å². The van der Waals surface area contributed by atoms with E-state index >= 15 is 0 Å². The normalized spacial score (nSPS) is 15.7. The summed E-state index contributed by atoms with van der Waals surface area (Å²) in [5, 5.41) is 13.5. The Hall–Kier alpha value is -3.59. The van der Waals surface area contributed by atoms with Crippen LogP contribution in [0.4, 0.5) is 0 Å². The van der Waals surface area contributed by atoms with Crippen LogP contribution in [-0.2, 0) is 20.0 Å². The van der Waals surface area contributed by atoms with Gasteiger partial charge in [0.15, 0.2) is 5.65 Å². The molecule has 0 spiro atoms. The molecule has 154 valence electrons. The molecule has 0 aromatic carbocycles. The van der Waals surface area contributed by atoms with Crippen molar-refractivity contribution >= 4 is 38.7 Å². The van der Waals surface area contributed by atoms with Gasteiger partial charge in [0.25, 0.3) is 5.56 Å². The number of nitrogens with zero attached hydrogens (tertiary/aromatic N) is 6. The Balaban J connectivity index is 1.39. The van der Waals surface area contributed by atoms with Gasteiger partial charge < -0.3 is 4.57 Å². The number of pyridine rings is 1. The molecule has 0 amide bonds. The molecule has 9 heteroatoms. The molecule has 1 N–H and O–H groups in total. The van der Waals surface area contributed by atoms with Gasteiger partial charge in [0.05, 0.1) is 29.3 Å². The number of aryl methyl sites for hydroxylation is 1. The summed E-state index contributed by atoms with van der Waals surface area (Å²) in [6.07, 6.45) is 11.1. The molecule has 5 heterocycles. The Morgan fingerprint density at radius 3 is 3.10 bits per heavy atom. The predicted molar refractivity (Wildman–Crippen MR) is 120 cm³/mol. The van der Waals surface area contributed by atoms with Gasteiger partial charge in [-0.1, -0.05) is 12.1 Å². The highest BCUT2D eigenvalue weighted by Gasteiger charge is 2.23. The number of hydrogen-bond donors (Lipinski definition) is 1. The molecule has 0 fully saturated rings. The maximum atomic E-state index is 13.3. The molecule has 1 aliphatic carbocycles. The third-order valence-electron chi connectivity index (χ3n) is 5.87. The van der Waals surface area contributed by atoms with Crippen LogP contribution in [0, 0.1) is 0 Å². The summed E-state index contributed by atoms with van der Waals surface area (Å²) in [6.45, 7) is 0.517. The van der Waals surface area contributed by atoms with Crippen LogP contribution in [0.1, 0.15) is 34.3 Å². The Morgan fingerprint density at radius 2 is 2.23 bits per heavy atom. The van der Waals surface area contributed by atoms with E-state index in [0.29, 0.717) is 18.5 Å². The summed E-state index contributed by atoms with van der Waals surface area (Å²) in [4.78, 5) is 22.5. The average Bonchev–Trinajstić information content (AvgIpc) is 3.48. The first-order valence-corrected chi connectivity index (χ1v) is 10.9. The number of allylic oxidation sites excluding steroid dienone is 1. The zero-order chi connectivity index (χ0) is 20.9. The lowest BCUT2D eigenvalue weighted by Gasteiger charge is -2.18. The Bertz CT molecular complexity index is 1510. The van der Waals surface area contributed by atoms with Gasteiger partial charge in [0.2, 0.25) is 0 Å². The van der Waals surface area contributed by atoms with Crippen molar-refractivity contribution in [2.75, 3.05) is 0 Å². The van der Waals surface area contributed by atoms with E-state index in [2.05, 4.69) is 26.4 Å². The second-order valence-corrected chi connectivity index (χ2v) is 8.87. The molecule has 31 heavy (non-hydrogen) atoms. The lowest BCUT2D eigenvalue weighted by Crippen LogP contribution is -2.27. The van der Waals surface area contributed by atoms with Crippen LogP contribution in [0.3, 0.4) is 0 Å². The minimum atomic E-state index is -0.0870. The molecule has 0 aliphatic heterocycles. The molecule has 5 aromatic heterocycles. The fraction of sp³-hybridized carbons (Fsp3) is 0.227. The van der Waals surface area contributed by atoms with E-state index in [1.807, 2.05) is 42.1 Å². The van der Waals surface area contributed by atoms with Crippen molar-refractivity contribution in [3.8, 4) is 0 Å². The average molecular weight is 430 g/mol. The molecular formula is C22H19N7OS. The zero-order valence-electron chi connectivity index (χ0n) is 16.8. The molecular weight excluding hydrogens is 410 g/mol. The zero-order valence-corrected chi connectivity index (χ0v) is 17.6. The fourth-order valence-corrected chi connectivity index (χ4v) is 5.44. The number of thiazole rings is 1. The quantitative estimate of drug-likeness (QED) is 0.473. The minimum absolute atomic E-state index is 0.0870. The van der Waals surface area contributed by atoms with Crippen molar-refractivity contribution in [1.29, 1.82) is 0 Å². The highest BCUT2D eigenvalue weighted by molar-refractivity contribution is 7.19. The van der Waals surface area contributed by atoms with Crippen molar-refractivity contribution in [1.82, 2.24) is 34.5 Å². The van der Waals surface area contributed by atoms with Gasteiger partial charge in [0, 0.05) is 42.2 Å². The van der Waals surface area contributed by atoms with E-state index < -0.39 is 0 Å². The van der Waals surface area contributed by atoms with Crippen molar-refractivity contribution < 1.29 is 0 Å². The lowest BCUT2D eigenvalue weighted by molar-refractivity contribution is 0.496. The first kappa shape index (κ1) is 18.2. The molecule has 1 atom stereocenters. The lowest BCUT2D eigenvalue weighted by atomic mass is 9.92. The predicted octanol–water partition coefficient (Wildman–Crippen LogP) is 3.25. The molecule has 1 unspecified atom stereocenters. The molecule has 0 radical (unpaired) electrons. The van der Waals surface area contributed by atoms with Crippen molar-refractivity contribution in [3.63, 3.8) is 0 Å². The smallest absolute Gasteiger partial charge is 0.291 e. The molecule has 0 bridgehead atoms. The first-order valence-electron chi connectivity index (χ1n) is 10.1. The molecule has 1 aliphatic rings. The Kier molecular flexibility index (Phi) is 4.10. The van der Waals surface area contributed by atoms with Gasteiger partial charge in [-0.05, 0) is 24.6 Å². The van der Waals surface area contributed by atoms with Crippen LogP contribution in [0.5, 0.6) is 0 Å². The first-order chi connectivity index (χ1) is 15.2. The highest BCUT2D eigenvalue weighted by atomic mass is 32.1. The number of H-pyrrole nitrogens is 1. The maximum absolute atomic E-state index is 13.3. The summed E-state index contributed by atoms with van der Waals surface area (Å²) in [6, 6.07) is 5.88. The van der Waals surface area contributed by atoms with Crippen LogP contribution in [0.25, 0.3) is 27.3 Å². The maximum Gasteiger partial charge on any atom is 0.291 e. The van der Waals surface area contributed by atoms with E-state index in [1.54, 1.807) is 28.4 Å². The standard InChI is InChI=1S/C22H19N7OS/c1-28-19-16(20-21(28)26-18(31-20)9-14-6-2-3-8-23-14)11-25-29(22(19)30)12-13-5-4-7-17-15(13)10-24-27-17/h2-4,6-8,10-11,13H,5,9,12H2,1H3,(H,24,27). The second kappa shape index (κ2) is 6.98. The van der Waals surface area contributed by atoms with Crippen LogP contribution in [0.15, 0.2) is 47.7 Å². The number of rotatable bonds is 4. The van der Waals surface area contributed by atoms with E-state index in [4.69, 9.17) is 4.98 Å². The number of aromatic nitrogens is 7. The minimum Gasteiger partial charge on any atom is -0.323 e. The van der Waals surface area contributed by atoms with Crippen molar-refractivity contribution in [2.24, 2.45) is 7.05 Å². The number of aromatic amines is 1. The van der Waals surface area contributed by atoms with E-state index in [-0.39, 0.29) is 11.5 Å². The van der Waals surface area contributed by atoms with Crippen molar-refractivity contribution in [3.05, 3.63) is 75.2 Å². The molecule has 8 nitrogen and oxygen atoms in total. The number of hydrogen-bond acceptors (Lipinski definition) is 6. The summed E-state index contributed by atoms with van der Waals surface area (Å²) in [5.74, 6) is 0.172. The fourth-order valence-electron chi connectivity index (χ4n) is 4.32. The molecule has 0 saturated heterocycles. The summed E-state index contributed by atoms with van der Waals surface area (Å²) in [5.41, 5.74) is 4.49. The Morgan fingerprint density at radius 1 is 1.29 bits per heavy atom. The van der Waals surface area contributed by atoms with Crippen LogP contribution >= 0.6 is 11.3 Å². The third kappa shape index (κ3) is 2.92. The molecule has 6 rings (SSSR count). The van der Waals surface area contributed by atoms with Crippen LogP contribution < -0.4 is 5.56 Å². The summed E-state index contributed by atoms with van der Waals surface area (Å²) in [7, 11) is 1.90. The van der Waals surface area contributed by atoms with Crippen LogP contribution in [-0.4, -0.2) is 34.5 Å². The third-order valence-corrected chi connectivity index (χ3v) is 6.94. The summed E-state index contributed by atoms with van der Waals surface area (Å²) < 4.78 is 4.47. The van der Waals surface area contributed by atoms with Gasteiger partial charge in [-0.3, -0.25) is 14.9 Å². The van der Waals surface area contributed by atoms with Crippen molar-refractivity contribution in [2.45, 2.75) is 25.3 Å². The monoisotopic (exact) mass is 429 g/mol. The van der Waals surface area contributed by atoms with E-state index in [9.17, 15) is 4.79 Å². The summed E-state index contributed by atoms with van der Waals surface area (Å²) >= 11 is 1.60. The van der Waals surface area contributed by atoms with E-state index in [1.165, 1.54) is 0 Å². The SMILES string of the molecule is Cn1c2nc(Cc3ccccn3)sc2c2cnn(CC3CC=Cc4[nH]ncc43)c(=O)c21. The van der Waals surface area contributed by atoms with Gasteiger partial charge in [-0.25, -0.2) is 9.67 Å². The highest BCUT2D eigenvalue weighted by Crippen LogP contribution is 2.32. The second-order valence-electron chi connectivity index (χ2n) is 7.79. The molecule has 0 saturated carbocycles. The number of nitrogens with one attached hydrogen (secondary N) is 1. The largest absolute Gasteiger partial charge is 0.323 e. The van der Waals surface area contributed by atoms with Gasteiger partial charge in [0.1, 0.15) is 10.5 Å².